The molecule has 96 valence electrons. The third-order valence-electron chi connectivity index (χ3n) is 2.75. The van der Waals surface area contributed by atoms with Gasteiger partial charge in [0.2, 0.25) is 0 Å². The lowest BCUT2D eigenvalue weighted by Gasteiger charge is -2.12. The van der Waals surface area contributed by atoms with E-state index in [1.54, 1.807) is 0 Å². The first kappa shape index (κ1) is 13.4. The average Bonchev–Trinajstić information content (AvgIpc) is 2.62. The molecular weight excluding hydrogens is 322 g/mol. The minimum Gasteiger partial charge on any atom is -0.375 e. The predicted octanol–water partition coefficient (Wildman–Crippen LogP) is 4.23. The van der Waals surface area contributed by atoms with Crippen LogP contribution in [0.4, 0.5) is 13.9 Å². The number of nitrogens with two attached hydrogens (primary N) is 1. The Kier molecular flexibility index (Phi) is 3.68. The molecule has 0 bridgehead atoms. The summed E-state index contributed by atoms with van der Waals surface area (Å²) in [5.41, 5.74) is 6.84. The highest BCUT2D eigenvalue weighted by Crippen LogP contribution is 2.35. The lowest BCUT2D eigenvalue weighted by molar-refractivity contribution is 0.564. The minimum atomic E-state index is -0.607. The van der Waals surface area contributed by atoms with Crippen molar-refractivity contribution in [1.82, 2.24) is 4.98 Å². The number of aryl methyl sites for hydroxylation is 1. The van der Waals surface area contributed by atoms with Crippen LogP contribution in [0.1, 0.15) is 29.0 Å². The SMILES string of the molecule is Cc1nc(N)sc1C(C)c1cc(Br)c(F)cc1F. The molecule has 2 aromatic rings. The van der Waals surface area contributed by atoms with Crippen molar-refractivity contribution in [3.8, 4) is 0 Å². The summed E-state index contributed by atoms with van der Waals surface area (Å²) in [6.45, 7) is 3.68. The Morgan fingerprint density at radius 3 is 2.56 bits per heavy atom. The third kappa shape index (κ3) is 2.40. The Balaban J connectivity index is 2.49. The molecule has 2 nitrogen and oxygen atoms in total. The molecule has 1 unspecified atom stereocenters. The van der Waals surface area contributed by atoms with Crippen molar-refractivity contribution < 1.29 is 8.78 Å². The summed E-state index contributed by atoms with van der Waals surface area (Å²) in [6, 6.07) is 2.35. The molecule has 0 aliphatic carbocycles. The molecule has 18 heavy (non-hydrogen) atoms. The molecular formula is C12H11BrF2N2S. The van der Waals surface area contributed by atoms with E-state index in [0.717, 1.165) is 16.6 Å². The molecule has 0 spiro atoms. The van der Waals surface area contributed by atoms with Crippen molar-refractivity contribution >= 4 is 32.4 Å². The number of halogens is 3. The van der Waals surface area contributed by atoms with Gasteiger partial charge in [0.25, 0.3) is 0 Å². The highest BCUT2D eigenvalue weighted by atomic mass is 79.9. The van der Waals surface area contributed by atoms with Gasteiger partial charge in [-0.05, 0) is 34.5 Å². The van der Waals surface area contributed by atoms with Gasteiger partial charge in [-0.2, -0.15) is 0 Å². The van der Waals surface area contributed by atoms with Gasteiger partial charge in [0, 0.05) is 16.9 Å². The fourth-order valence-corrected chi connectivity index (χ4v) is 3.11. The second-order valence-corrected chi connectivity index (χ2v) is 5.93. The van der Waals surface area contributed by atoms with E-state index in [4.69, 9.17) is 5.73 Å². The standard InChI is InChI=1S/C12H11BrF2N2S/c1-5(11-6(2)17-12(16)18-11)7-3-8(13)10(15)4-9(7)14/h3-5H,1-2H3,(H2,16,17). The van der Waals surface area contributed by atoms with E-state index in [9.17, 15) is 8.78 Å². The average molecular weight is 333 g/mol. The molecule has 1 atom stereocenters. The molecule has 0 amide bonds. The summed E-state index contributed by atoms with van der Waals surface area (Å²) in [5.74, 6) is -1.38. The number of nitrogens with zero attached hydrogens (tertiary/aromatic N) is 1. The summed E-state index contributed by atoms with van der Waals surface area (Å²) in [6.07, 6.45) is 0. The molecule has 0 aliphatic rings. The quantitative estimate of drug-likeness (QED) is 0.836. The van der Waals surface area contributed by atoms with Gasteiger partial charge in [-0.15, -0.1) is 11.3 Å². The van der Waals surface area contributed by atoms with E-state index < -0.39 is 11.6 Å². The number of benzene rings is 1. The molecule has 2 rings (SSSR count). The van der Waals surface area contributed by atoms with Crippen molar-refractivity contribution in [3.63, 3.8) is 0 Å². The van der Waals surface area contributed by atoms with Gasteiger partial charge in [0.05, 0.1) is 10.2 Å². The summed E-state index contributed by atoms with van der Waals surface area (Å²) in [5, 5.41) is 0.455. The zero-order chi connectivity index (χ0) is 13.4. The van der Waals surface area contributed by atoms with E-state index in [1.807, 2.05) is 13.8 Å². The lowest BCUT2D eigenvalue weighted by atomic mass is 9.98. The largest absolute Gasteiger partial charge is 0.375 e. The molecule has 1 aromatic carbocycles. The smallest absolute Gasteiger partial charge is 0.180 e. The van der Waals surface area contributed by atoms with Crippen LogP contribution in [0.15, 0.2) is 16.6 Å². The van der Waals surface area contributed by atoms with E-state index in [-0.39, 0.29) is 10.4 Å². The van der Waals surface area contributed by atoms with Gasteiger partial charge < -0.3 is 5.73 Å². The topological polar surface area (TPSA) is 38.9 Å². The zero-order valence-electron chi connectivity index (χ0n) is 9.80. The molecule has 0 radical (unpaired) electrons. The van der Waals surface area contributed by atoms with E-state index in [0.29, 0.717) is 10.7 Å². The van der Waals surface area contributed by atoms with Gasteiger partial charge in [0.15, 0.2) is 5.13 Å². The van der Waals surface area contributed by atoms with Gasteiger partial charge in [-0.25, -0.2) is 13.8 Å². The zero-order valence-corrected chi connectivity index (χ0v) is 12.2. The molecule has 0 aliphatic heterocycles. The Bertz CT molecular complexity index is 598. The van der Waals surface area contributed by atoms with Crippen LogP contribution >= 0.6 is 27.3 Å². The van der Waals surface area contributed by atoms with Crippen LogP contribution in [-0.4, -0.2) is 4.98 Å². The van der Waals surface area contributed by atoms with E-state index in [2.05, 4.69) is 20.9 Å². The fraction of sp³-hybridized carbons (Fsp3) is 0.250. The summed E-state index contributed by atoms with van der Waals surface area (Å²) < 4.78 is 27.2. The van der Waals surface area contributed by atoms with Crippen LogP contribution in [0.25, 0.3) is 0 Å². The number of thiazole rings is 1. The second-order valence-electron chi connectivity index (χ2n) is 4.01. The van der Waals surface area contributed by atoms with Gasteiger partial charge in [0.1, 0.15) is 11.6 Å². The monoisotopic (exact) mass is 332 g/mol. The first-order valence-corrected chi connectivity index (χ1v) is 6.88. The minimum absolute atomic E-state index is 0.211. The van der Waals surface area contributed by atoms with E-state index in [1.165, 1.54) is 17.4 Å². The Labute approximate surface area is 116 Å². The van der Waals surface area contributed by atoms with Crippen molar-refractivity contribution in [2.24, 2.45) is 0 Å². The Morgan fingerprint density at radius 1 is 1.33 bits per heavy atom. The third-order valence-corrected chi connectivity index (χ3v) is 4.53. The number of rotatable bonds is 2. The number of anilines is 1. The lowest BCUT2D eigenvalue weighted by Crippen LogP contribution is -2.00. The fourth-order valence-electron chi connectivity index (χ4n) is 1.84. The van der Waals surface area contributed by atoms with Crippen LogP contribution in [-0.2, 0) is 0 Å². The number of hydrogen-bond donors (Lipinski definition) is 1. The molecule has 0 saturated carbocycles. The highest BCUT2D eigenvalue weighted by Gasteiger charge is 2.20. The summed E-state index contributed by atoms with van der Waals surface area (Å²) in [4.78, 5) is 5.01. The maximum absolute atomic E-state index is 13.8. The van der Waals surface area contributed by atoms with Crippen LogP contribution in [0.3, 0.4) is 0 Å². The molecule has 1 heterocycles. The Morgan fingerprint density at radius 2 is 2.00 bits per heavy atom. The van der Waals surface area contributed by atoms with Gasteiger partial charge in [-0.3, -0.25) is 0 Å². The number of nitrogen functional groups attached to an aromatic ring is 1. The first-order chi connectivity index (χ1) is 8.40. The Hall–Kier alpha value is -1.01. The normalized spacial score (nSPS) is 12.7. The van der Waals surface area contributed by atoms with Crippen molar-refractivity contribution in [2.75, 3.05) is 5.73 Å². The molecule has 2 N–H and O–H groups in total. The summed E-state index contributed by atoms with van der Waals surface area (Å²) in [7, 11) is 0. The van der Waals surface area contributed by atoms with Crippen LogP contribution < -0.4 is 5.73 Å². The van der Waals surface area contributed by atoms with Crippen LogP contribution in [0.5, 0.6) is 0 Å². The van der Waals surface area contributed by atoms with Crippen molar-refractivity contribution in [3.05, 3.63) is 44.4 Å². The molecule has 1 aromatic heterocycles. The van der Waals surface area contributed by atoms with Gasteiger partial charge in [-0.1, -0.05) is 6.92 Å². The van der Waals surface area contributed by atoms with Crippen LogP contribution in [0.2, 0.25) is 0 Å². The number of aromatic nitrogens is 1. The maximum atomic E-state index is 13.8. The van der Waals surface area contributed by atoms with Crippen LogP contribution in [0, 0.1) is 18.6 Å². The van der Waals surface area contributed by atoms with Crippen molar-refractivity contribution in [2.45, 2.75) is 19.8 Å². The molecule has 0 saturated heterocycles. The van der Waals surface area contributed by atoms with E-state index >= 15 is 0 Å². The molecule has 6 heteroatoms. The predicted molar refractivity (Wildman–Crippen MR) is 72.8 cm³/mol. The van der Waals surface area contributed by atoms with Gasteiger partial charge >= 0.3 is 0 Å². The molecule has 0 fully saturated rings. The second kappa shape index (κ2) is 4.93. The summed E-state index contributed by atoms with van der Waals surface area (Å²) >= 11 is 4.39. The van der Waals surface area contributed by atoms with Crippen molar-refractivity contribution in [1.29, 1.82) is 0 Å². The first-order valence-electron chi connectivity index (χ1n) is 5.27. The number of hydrogen-bond acceptors (Lipinski definition) is 3. The highest BCUT2D eigenvalue weighted by molar-refractivity contribution is 9.10. The maximum Gasteiger partial charge on any atom is 0.180 e.